The molecule has 1 fully saturated rings. The molecular weight excluding hydrogens is 511 g/mol. The zero-order valence-electron chi connectivity index (χ0n) is 21.2. The van der Waals surface area contributed by atoms with Crippen LogP contribution in [0.15, 0.2) is 77.7 Å². The van der Waals surface area contributed by atoms with Gasteiger partial charge >= 0.3 is 6.36 Å². The molecule has 0 amide bonds. The van der Waals surface area contributed by atoms with E-state index in [1.54, 1.807) is 23.9 Å². The van der Waals surface area contributed by atoms with Gasteiger partial charge in [0.25, 0.3) is 0 Å². The van der Waals surface area contributed by atoms with Crippen molar-refractivity contribution in [1.29, 1.82) is 0 Å². The van der Waals surface area contributed by atoms with Crippen LogP contribution in [-0.4, -0.2) is 46.3 Å². The number of rotatable bonds is 9. The first-order valence-electron chi connectivity index (χ1n) is 12.7. The second-order valence-electron chi connectivity index (χ2n) is 9.33. The number of benzene rings is 3. The quantitative estimate of drug-likeness (QED) is 0.212. The van der Waals surface area contributed by atoms with Gasteiger partial charge in [0.05, 0.1) is 17.6 Å². The van der Waals surface area contributed by atoms with Crippen molar-refractivity contribution in [3.8, 4) is 5.75 Å². The molecule has 4 aromatic rings. The number of nitrogens with zero attached hydrogens (tertiary/aromatic N) is 3. The van der Waals surface area contributed by atoms with E-state index in [1.807, 2.05) is 24.3 Å². The van der Waals surface area contributed by atoms with E-state index in [1.165, 1.54) is 17.7 Å². The molecule has 0 spiro atoms. The van der Waals surface area contributed by atoms with Crippen LogP contribution < -0.4 is 4.74 Å². The van der Waals surface area contributed by atoms with Crippen LogP contribution in [0, 0.1) is 0 Å². The number of thioether (sulfide) groups is 1. The summed E-state index contributed by atoms with van der Waals surface area (Å²) in [7, 11) is 0. The molecular formula is C29H30F3N3O2S. The van der Waals surface area contributed by atoms with Gasteiger partial charge in [0.1, 0.15) is 17.7 Å². The Bertz CT molecular complexity index is 1340. The Kier molecular flexibility index (Phi) is 8.26. The molecule has 200 valence electrons. The van der Waals surface area contributed by atoms with E-state index in [2.05, 4.69) is 45.4 Å². The summed E-state index contributed by atoms with van der Waals surface area (Å²) >= 11 is 1.80. The standard InChI is InChI=1S/C29H30F3N3O2S/c1-2-16-38-24-12-13-25-26(17-24)35(19-22-8-10-23(11-9-22)37-29(30,31)32)28(33-25)27-20-34(14-15-36-27)18-21-6-4-3-5-7-21/h3-13,17,27H,2,14-16,18-20H2,1H3. The van der Waals surface area contributed by atoms with Gasteiger partial charge in [0, 0.05) is 31.1 Å². The molecule has 38 heavy (non-hydrogen) atoms. The predicted molar refractivity (Wildman–Crippen MR) is 143 cm³/mol. The maximum absolute atomic E-state index is 12.6. The molecule has 1 aromatic heterocycles. The molecule has 1 unspecified atom stereocenters. The minimum Gasteiger partial charge on any atom is -0.406 e. The molecule has 0 radical (unpaired) electrons. The van der Waals surface area contributed by atoms with Gasteiger partial charge in [0.15, 0.2) is 0 Å². The van der Waals surface area contributed by atoms with Gasteiger partial charge in [-0.3, -0.25) is 4.90 Å². The molecule has 0 N–H and O–H groups in total. The molecule has 0 saturated carbocycles. The van der Waals surface area contributed by atoms with Crippen LogP contribution in [-0.2, 0) is 17.8 Å². The number of alkyl halides is 3. The summed E-state index contributed by atoms with van der Waals surface area (Å²) in [5, 5.41) is 0. The summed E-state index contributed by atoms with van der Waals surface area (Å²) in [5.74, 6) is 1.61. The maximum Gasteiger partial charge on any atom is 0.573 e. The Morgan fingerprint density at radius 1 is 1.00 bits per heavy atom. The highest BCUT2D eigenvalue weighted by molar-refractivity contribution is 7.99. The first kappa shape index (κ1) is 26.6. The summed E-state index contributed by atoms with van der Waals surface area (Å²) in [6, 6.07) is 22.7. The minimum atomic E-state index is -4.72. The van der Waals surface area contributed by atoms with Crippen molar-refractivity contribution in [1.82, 2.24) is 14.5 Å². The fourth-order valence-corrected chi connectivity index (χ4v) is 5.46. The molecule has 2 heterocycles. The van der Waals surface area contributed by atoms with Crippen molar-refractivity contribution < 1.29 is 22.6 Å². The van der Waals surface area contributed by atoms with Gasteiger partial charge in [0.2, 0.25) is 0 Å². The van der Waals surface area contributed by atoms with E-state index in [0.717, 1.165) is 52.6 Å². The third kappa shape index (κ3) is 6.70. The highest BCUT2D eigenvalue weighted by Crippen LogP contribution is 2.31. The Balaban J connectivity index is 1.45. The third-order valence-corrected chi connectivity index (χ3v) is 7.61. The number of fused-ring (bicyclic) bond motifs is 1. The highest BCUT2D eigenvalue weighted by Gasteiger charge is 2.31. The first-order chi connectivity index (χ1) is 18.4. The van der Waals surface area contributed by atoms with E-state index in [9.17, 15) is 13.2 Å². The van der Waals surface area contributed by atoms with E-state index in [4.69, 9.17) is 9.72 Å². The smallest absolute Gasteiger partial charge is 0.406 e. The summed E-state index contributed by atoms with van der Waals surface area (Å²) in [5.41, 5.74) is 3.96. The van der Waals surface area contributed by atoms with Crippen molar-refractivity contribution in [3.63, 3.8) is 0 Å². The number of aromatic nitrogens is 2. The lowest BCUT2D eigenvalue weighted by molar-refractivity contribution is -0.274. The molecule has 5 nitrogen and oxygen atoms in total. The van der Waals surface area contributed by atoms with Crippen LogP contribution in [0.4, 0.5) is 13.2 Å². The van der Waals surface area contributed by atoms with E-state index in [-0.39, 0.29) is 11.9 Å². The average Bonchev–Trinajstić information content (AvgIpc) is 3.26. The van der Waals surface area contributed by atoms with E-state index >= 15 is 0 Å². The molecule has 0 aliphatic carbocycles. The first-order valence-corrected chi connectivity index (χ1v) is 13.7. The van der Waals surface area contributed by atoms with Crippen molar-refractivity contribution in [2.75, 3.05) is 25.4 Å². The molecule has 3 aromatic carbocycles. The van der Waals surface area contributed by atoms with Crippen molar-refractivity contribution in [2.45, 2.75) is 43.8 Å². The molecule has 9 heteroatoms. The van der Waals surface area contributed by atoms with Crippen LogP contribution in [0.1, 0.15) is 36.4 Å². The van der Waals surface area contributed by atoms with Crippen LogP contribution in [0.2, 0.25) is 0 Å². The summed E-state index contributed by atoms with van der Waals surface area (Å²) in [4.78, 5) is 8.53. The van der Waals surface area contributed by atoms with Gasteiger partial charge in [-0.1, -0.05) is 49.4 Å². The van der Waals surface area contributed by atoms with Gasteiger partial charge in [-0.25, -0.2) is 4.98 Å². The fourth-order valence-electron chi connectivity index (χ4n) is 4.67. The zero-order chi connectivity index (χ0) is 26.5. The molecule has 1 saturated heterocycles. The second-order valence-corrected chi connectivity index (χ2v) is 10.5. The molecule has 1 atom stereocenters. The van der Waals surface area contributed by atoms with Gasteiger partial charge in [-0.15, -0.1) is 24.9 Å². The van der Waals surface area contributed by atoms with Crippen molar-refractivity contribution in [3.05, 3.63) is 89.7 Å². The Morgan fingerprint density at radius 3 is 2.50 bits per heavy atom. The van der Waals surface area contributed by atoms with Crippen LogP contribution in [0.5, 0.6) is 5.75 Å². The number of morpholine rings is 1. The Morgan fingerprint density at radius 2 is 1.76 bits per heavy atom. The lowest BCUT2D eigenvalue weighted by Gasteiger charge is -2.33. The van der Waals surface area contributed by atoms with Gasteiger partial charge < -0.3 is 14.0 Å². The number of ether oxygens (including phenoxy) is 2. The average molecular weight is 542 g/mol. The fraction of sp³-hybridized carbons (Fsp3) is 0.345. The van der Waals surface area contributed by atoms with Gasteiger partial charge in [-0.2, -0.15) is 0 Å². The third-order valence-electron chi connectivity index (χ3n) is 6.41. The second kappa shape index (κ2) is 11.8. The summed E-state index contributed by atoms with van der Waals surface area (Å²) in [6.45, 7) is 5.58. The van der Waals surface area contributed by atoms with Crippen molar-refractivity contribution in [2.24, 2.45) is 0 Å². The Hall–Kier alpha value is -3.01. The zero-order valence-corrected chi connectivity index (χ0v) is 22.0. The monoisotopic (exact) mass is 541 g/mol. The number of halogens is 3. The topological polar surface area (TPSA) is 39.5 Å². The van der Waals surface area contributed by atoms with E-state index in [0.29, 0.717) is 19.7 Å². The number of imidazole rings is 1. The predicted octanol–water partition coefficient (Wildman–Crippen LogP) is 7.06. The van der Waals surface area contributed by atoms with Crippen LogP contribution >= 0.6 is 11.8 Å². The van der Waals surface area contributed by atoms with Gasteiger partial charge in [-0.05, 0) is 53.6 Å². The minimum absolute atomic E-state index is 0.223. The van der Waals surface area contributed by atoms with E-state index < -0.39 is 6.36 Å². The summed E-state index contributed by atoms with van der Waals surface area (Å²) < 4.78 is 50.3. The molecule has 5 rings (SSSR count). The van der Waals surface area contributed by atoms with Crippen molar-refractivity contribution >= 4 is 22.8 Å². The lowest BCUT2D eigenvalue weighted by atomic mass is 10.1. The molecule has 1 aliphatic rings. The number of hydrogen-bond acceptors (Lipinski definition) is 5. The largest absolute Gasteiger partial charge is 0.573 e. The maximum atomic E-state index is 12.6. The molecule has 0 bridgehead atoms. The van der Waals surface area contributed by atoms with Crippen LogP contribution in [0.25, 0.3) is 11.0 Å². The summed E-state index contributed by atoms with van der Waals surface area (Å²) in [6.07, 6.45) is -3.86. The normalized spacial score (nSPS) is 16.7. The molecule has 1 aliphatic heterocycles. The Labute approximate surface area is 224 Å². The van der Waals surface area contributed by atoms with Crippen LogP contribution in [0.3, 0.4) is 0 Å². The SMILES string of the molecule is CCCSc1ccc2nc(C3CN(Cc4ccccc4)CCO3)n(Cc3ccc(OC(F)(F)F)cc3)c2c1. The highest BCUT2D eigenvalue weighted by atomic mass is 32.2. The lowest BCUT2D eigenvalue weighted by Crippen LogP contribution is -2.38. The number of hydrogen-bond donors (Lipinski definition) is 0.